The SMILES string of the molecule is CS(=O)(=O)NCCn1c(CCl)nc2cc(Cl)c(F)cc21. The van der Waals surface area contributed by atoms with Crippen LogP contribution in [0.25, 0.3) is 11.0 Å². The number of alkyl halides is 1. The third-order valence-electron chi connectivity index (χ3n) is 2.69. The topological polar surface area (TPSA) is 64.0 Å². The Labute approximate surface area is 125 Å². The van der Waals surface area contributed by atoms with Gasteiger partial charge in [0.2, 0.25) is 10.0 Å². The van der Waals surface area contributed by atoms with Gasteiger partial charge in [-0.25, -0.2) is 22.5 Å². The number of sulfonamides is 1. The molecule has 1 N–H and O–H groups in total. The maximum atomic E-state index is 13.5. The number of hydrogen-bond acceptors (Lipinski definition) is 3. The minimum Gasteiger partial charge on any atom is -0.326 e. The number of nitrogens with zero attached hydrogens (tertiary/aromatic N) is 2. The maximum Gasteiger partial charge on any atom is 0.208 e. The molecule has 2 rings (SSSR count). The summed E-state index contributed by atoms with van der Waals surface area (Å²) in [5.41, 5.74) is 1.05. The van der Waals surface area contributed by atoms with E-state index in [1.54, 1.807) is 4.57 Å². The van der Waals surface area contributed by atoms with Crippen LogP contribution in [0.3, 0.4) is 0 Å². The van der Waals surface area contributed by atoms with Crippen LogP contribution in [-0.4, -0.2) is 30.8 Å². The minimum atomic E-state index is -3.28. The van der Waals surface area contributed by atoms with Crippen molar-refractivity contribution >= 4 is 44.3 Å². The van der Waals surface area contributed by atoms with Crippen LogP contribution >= 0.6 is 23.2 Å². The molecule has 0 saturated heterocycles. The maximum absolute atomic E-state index is 13.5. The molecular formula is C11H12Cl2FN3O2S. The predicted molar refractivity (Wildman–Crippen MR) is 77.1 cm³/mol. The molecule has 1 heterocycles. The van der Waals surface area contributed by atoms with Gasteiger partial charge in [0.25, 0.3) is 0 Å². The Morgan fingerprint density at radius 1 is 1.45 bits per heavy atom. The van der Waals surface area contributed by atoms with Crippen molar-refractivity contribution in [3.63, 3.8) is 0 Å². The Morgan fingerprint density at radius 3 is 2.75 bits per heavy atom. The third-order valence-corrected chi connectivity index (χ3v) is 3.95. The van der Waals surface area contributed by atoms with Crippen LogP contribution in [0.1, 0.15) is 5.82 Å². The van der Waals surface area contributed by atoms with Gasteiger partial charge in [0.15, 0.2) is 0 Å². The molecule has 110 valence electrons. The molecule has 1 aromatic carbocycles. The first-order chi connectivity index (χ1) is 9.31. The van der Waals surface area contributed by atoms with Crippen LogP contribution < -0.4 is 4.72 Å². The second-order valence-corrected chi connectivity index (χ2v) is 6.74. The molecule has 9 heteroatoms. The number of benzene rings is 1. The van der Waals surface area contributed by atoms with Gasteiger partial charge in [0, 0.05) is 19.2 Å². The van der Waals surface area contributed by atoms with Crippen LogP contribution in [-0.2, 0) is 22.4 Å². The van der Waals surface area contributed by atoms with E-state index in [9.17, 15) is 12.8 Å². The fraction of sp³-hybridized carbons (Fsp3) is 0.364. The fourth-order valence-electron chi connectivity index (χ4n) is 1.86. The van der Waals surface area contributed by atoms with E-state index >= 15 is 0 Å². The van der Waals surface area contributed by atoms with Crippen LogP contribution in [0, 0.1) is 5.82 Å². The van der Waals surface area contributed by atoms with E-state index < -0.39 is 15.8 Å². The van der Waals surface area contributed by atoms with Crippen molar-refractivity contribution in [2.45, 2.75) is 12.4 Å². The lowest BCUT2D eigenvalue weighted by molar-refractivity contribution is 0.578. The molecule has 0 saturated carbocycles. The lowest BCUT2D eigenvalue weighted by atomic mass is 10.3. The minimum absolute atomic E-state index is 0.0162. The first kappa shape index (κ1) is 15.5. The highest BCUT2D eigenvalue weighted by Gasteiger charge is 2.13. The van der Waals surface area contributed by atoms with Gasteiger partial charge < -0.3 is 4.57 Å². The van der Waals surface area contributed by atoms with E-state index in [1.165, 1.54) is 12.1 Å². The molecule has 5 nitrogen and oxygen atoms in total. The largest absolute Gasteiger partial charge is 0.326 e. The van der Waals surface area contributed by atoms with Gasteiger partial charge in [-0.2, -0.15) is 0 Å². The molecule has 0 amide bonds. The number of rotatable bonds is 5. The number of halogens is 3. The van der Waals surface area contributed by atoms with Crippen molar-refractivity contribution in [1.29, 1.82) is 0 Å². The molecule has 0 aliphatic heterocycles. The highest BCUT2D eigenvalue weighted by atomic mass is 35.5. The second kappa shape index (κ2) is 5.85. The van der Waals surface area contributed by atoms with Crippen LogP contribution in [0.15, 0.2) is 12.1 Å². The zero-order valence-corrected chi connectivity index (χ0v) is 12.9. The summed E-state index contributed by atoms with van der Waals surface area (Å²) in [5.74, 6) is 0.100. The Balaban J connectivity index is 2.37. The smallest absolute Gasteiger partial charge is 0.208 e. The second-order valence-electron chi connectivity index (χ2n) is 4.23. The van der Waals surface area contributed by atoms with Crippen molar-refractivity contribution in [1.82, 2.24) is 14.3 Å². The summed E-state index contributed by atoms with van der Waals surface area (Å²) in [6, 6.07) is 2.68. The van der Waals surface area contributed by atoms with Crippen molar-refractivity contribution < 1.29 is 12.8 Å². The van der Waals surface area contributed by atoms with Gasteiger partial charge in [-0.3, -0.25) is 0 Å². The van der Waals surface area contributed by atoms with E-state index in [4.69, 9.17) is 23.2 Å². The number of nitrogens with one attached hydrogen (secondary N) is 1. The number of imidazole rings is 1. The molecule has 0 radical (unpaired) electrons. The van der Waals surface area contributed by atoms with Gasteiger partial charge in [0.1, 0.15) is 11.6 Å². The molecule has 0 bridgehead atoms. The van der Waals surface area contributed by atoms with Crippen LogP contribution in [0.5, 0.6) is 0 Å². The Morgan fingerprint density at radius 2 is 2.15 bits per heavy atom. The molecule has 0 spiro atoms. The van der Waals surface area contributed by atoms with E-state index in [0.717, 1.165) is 6.26 Å². The molecule has 2 aromatic rings. The molecular weight excluding hydrogens is 328 g/mol. The lowest BCUT2D eigenvalue weighted by Crippen LogP contribution is -2.26. The molecule has 0 unspecified atom stereocenters. The fourth-order valence-corrected chi connectivity index (χ4v) is 2.69. The predicted octanol–water partition coefficient (Wildman–Crippen LogP) is 2.12. The van der Waals surface area contributed by atoms with Gasteiger partial charge in [-0.15, -0.1) is 11.6 Å². The molecule has 1 aromatic heterocycles. The van der Waals surface area contributed by atoms with E-state index in [2.05, 4.69) is 9.71 Å². The van der Waals surface area contributed by atoms with Gasteiger partial charge in [-0.05, 0) is 6.07 Å². The Kier molecular flexibility index (Phi) is 4.53. The van der Waals surface area contributed by atoms with E-state index in [0.29, 0.717) is 23.4 Å². The van der Waals surface area contributed by atoms with E-state index in [-0.39, 0.29) is 17.4 Å². The summed E-state index contributed by atoms with van der Waals surface area (Å²) in [4.78, 5) is 4.25. The zero-order valence-electron chi connectivity index (χ0n) is 10.5. The summed E-state index contributed by atoms with van der Waals surface area (Å²) in [7, 11) is -3.28. The summed E-state index contributed by atoms with van der Waals surface area (Å²) in [6.07, 6.45) is 1.07. The Bertz CT molecular complexity index is 746. The van der Waals surface area contributed by atoms with Crippen molar-refractivity contribution in [2.75, 3.05) is 12.8 Å². The summed E-state index contributed by atoms with van der Waals surface area (Å²) >= 11 is 11.5. The highest BCUT2D eigenvalue weighted by molar-refractivity contribution is 7.88. The standard InChI is InChI=1S/C11H12Cl2FN3O2S/c1-20(18,19)15-2-3-17-10-5-8(14)7(13)4-9(10)16-11(17)6-12/h4-5,15H,2-3,6H2,1H3. The van der Waals surface area contributed by atoms with Crippen molar-refractivity contribution in [2.24, 2.45) is 0 Å². The number of aromatic nitrogens is 2. The third kappa shape index (κ3) is 3.41. The van der Waals surface area contributed by atoms with Crippen LogP contribution in [0.2, 0.25) is 5.02 Å². The average molecular weight is 340 g/mol. The average Bonchev–Trinajstić information content (AvgIpc) is 2.66. The zero-order chi connectivity index (χ0) is 14.9. The monoisotopic (exact) mass is 339 g/mol. The summed E-state index contributed by atoms with van der Waals surface area (Å²) in [5, 5.41) is -0.0162. The molecule has 0 fully saturated rings. The van der Waals surface area contributed by atoms with E-state index in [1.807, 2.05) is 0 Å². The lowest BCUT2D eigenvalue weighted by Gasteiger charge is -2.08. The van der Waals surface area contributed by atoms with Crippen LogP contribution in [0.4, 0.5) is 4.39 Å². The first-order valence-corrected chi connectivity index (χ1v) is 8.47. The molecule has 20 heavy (non-hydrogen) atoms. The highest BCUT2D eigenvalue weighted by Crippen LogP contribution is 2.24. The Hall–Kier alpha value is -0.890. The number of hydrogen-bond donors (Lipinski definition) is 1. The van der Waals surface area contributed by atoms with Gasteiger partial charge in [0.05, 0.1) is 28.2 Å². The normalized spacial score (nSPS) is 12.2. The van der Waals surface area contributed by atoms with Gasteiger partial charge in [-0.1, -0.05) is 11.6 Å². The van der Waals surface area contributed by atoms with Gasteiger partial charge >= 0.3 is 0 Å². The molecule has 0 atom stereocenters. The summed E-state index contributed by atoms with van der Waals surface area (Å²) in [6.45, 7) is 0.463. The first-order valence-electron chi connectivity index (χ1n) is 5.66. The number of fused-ring (bicyclic) bond motifs is 1. The quantitative estimate of drug-likeness (QED) is 0.848. The van der Waals surface area contributed by atoms with Crippen molar-refractivity contribution in [3.8, 4) is 0 Å². The molecule has 0 aliphatic carbocycles. The molecule has 0 aliphatic rings. The van der Waals surface area contributed by atoms with Crippen molar-refractivity contribution in [3.05, 3.63) is 28.8 Å². The summed E-state index contributed by atoms with van der Waals surface area (Å²) < 4.78 is 39.6.